The van der Waals surface area contributed by atoms with Gasteiger partial charge in [0.1, 0.15) is 0 Å². The van der Waals surface area contributed by atoms with E-state index in [4.69, 9.17) is 0 Å². The fraction of sp³-hybridized carbons (Fsp3) is 0.208. The van der Waals surface area contributed by atoms with Crippen LogP contribution in [0.4, 0.5) is 5.69 Å². The van der Waals surface area contributed by atoms with Crippen LogP contribution < -0.4 is 5.32 Å². The summed E-state index contributed by atoms with van der Waals surface area (Å²) < 4.78 is 26.5. The summed E-state index contributed by atoms with van der Waals surface area (Å²) >= 11 is 0. The number of sulfonamides is 1. The summed E-state index contributed by atoms with van der Waals surface area (Å²) in [5.74, 6) is -0.245. The van der Waals surface area contributed by atoms with E-state index >= 15 is 0 Å². The maximum Gasteiger partial charge on any atom is 0.255 e. The first kappa shape index (κ1) is 21.7. The summed E-state index contributed by atoms with van der Waals surface area (Å²) in [6.45, 7) is 2.50. The molecule has 0 aliphatic rings. The second-order valence-corrected chi connectivity index (χ2v) is 9.15. The third kappa shape index (κ3) is 5.14. The van der Waals surface area contributed by atoms with Gasteiger partial charge < -0.3 is 5.32 Å². The van der Waals surface area contributed by atoms with Crippen molar-refractivity contribution in [3.63, 3.8) is 0 Å². The van der Waals surface area contributed by atoms with Crippen molar-refractivity contribution < 1.29 is 13.2 Å². The van der Waals surface area contributed by atoms with Gasteiger partial charge in [-0.15, -0.1) is 0 Å². The van der Waals surface area contributed by atoms with Crippen molar-refractivity contribution in [2.45, 2.75) is 24.7 Å². The average molecular weight is 423 g/mol. The number of carbonyl (C=O) groups is 1. The monoisotopic (exact) mass is 422 g/mol. The summed E-state index contributed by atoms with van der Waals surface area (Å²) in [5, 5.41) is 2.81. The molecule has 0 saturated heterocycles. The molecule has 0 unspecified atom stereocenters. The number of rotatable bonds is 8. The highest BCUT2D eigenvalue weighted by Gasteiger charge is 2.20. The van der Waals surface area contributed by atoms with Crippen molar-refractivity contribution in [2.75, 3.05) is 18.9 Å². The van der Waals surface area contributed by atoms with Gasteiger partial charge in [0.05, 0.1) is 4.90 Å². The lowest BCUT2D eigenvalue weighted by Gasteiger charge is -2.17. The summed E-state index contributed by atoms with van der Waals surface area (Å²) in [7, 11) is -1.94. The van der Waals surface area contributed by atoms with Crippen molar-refractivity contribution in [3.05, 3.63) is 84.4 Å². The summed E-state index contributed by atoms with van der Waals surface area (Å²) in [5.41, 5.74) is 3.20. The molecule has 0 saturated carbocycles. The van der Waals surface area contributed by atoms with Crippen LogP contribution in [0.1, 0.15) is 30.1 Å². The van der Waals surface area contributed by atoms with Crippen molar-refractivity contribution in [1.29, 1.82) is 0 Å². The van der Waals surface area contributed by atoms with Crippen molar-refractivity contribution in [3.8, 4) is 11.1 Å². The fourth-order valence-electron chi connectivity index (χ4n) is 3.04. The molecular weight excluding hydrogens is 396 g/mol. The Balaban J connectivity index is 1.67. The largest absolute Gasteiger partial charge is 0.322 e. The van der Waals surface area contributed by atoms with Gasteiger partial charge >= 0.3 is 0 Å². The molecule has 30 heavy (non-hydrogen) atoms. The Bertz CT molecular complexity index is 1080. The predicted molar refractivity (Wildman–Crippen MR) is 121 cm³/mol. The predicted octanol–water partition coefficient (Wildman–Crippen LogP) is 5.03. The number of anilines is 1. The second kappa shape index (κ2) is 9.69. The summed E-state index contributed by atoms with van der Waals surface area (Å²) in [6.07, 6.45) is 1.74. The first-order valence-electron chi connectivity index (χ1n) is 9.95. The second-order valence-electron chi connectivity index (χ2n) is 7.10. The number of unbranched alkanes of at least 4 members (excludes halogenated alkanes) is 1. The van der Waals surface area contributed by atoms with E-state index in [2.05, 4.69) is 5.32 Å². The van der Waals surface area contributed by atoms with Gasteiger partial charge in [-0.1, -0.05) is 55.8 Å². The van der Waals surface area contributed by atoms with Gasteiger partial charge in [0.15, 0.2) is 0 Å². The number of benzene rings is 3. The van der Waals surface area contributed by atoms with Crippen LogP contribution in [0.25, 0.3) is 11.1 Å². The van der Waals surface area contributed by atoms with Gasteiger partial charge in [-0.2, -0.15) is 0 Å². The quantitative estimate of drug-likeness (QED) is 0.554. The zero-order chi connectivity index (χ0) is 21.6. The Morgan fingerprint density at radius 3 is 2.07 bits per heavy atom. The molecule has 0 bridgehead atoms. The highest BCUT2D eigenvalue weighted by atomic mass is 32.2. The van der Waals surface area contributed by atoms with Gasteiger partial charge in [-0.05, 0) is 53.9 Å². The van der Waals surface area contributed by atoms with Gasteiger partial charge in [-0.3, -0.25) is 4.79 Å². The zero-order valence-corrected chi connectivity index (χ0v) is 18.0. The zero-order valence-electron chi connectivity index (χ0n) is 17.2. The smallest absolute Gasteiger partial charge is 0.255 e. The van der Waals surface area contributed by atoms with Crippen LogP contribution in [-0.4, -0.2) is 32.2 Å². The van der Waals surface area contributed by atoms with Crippen LogP contribution >= 0.6 is 0 Å². The molecule has 0 aliphatic heterocycles. The number of nitrogens with zero attached hydrogens (tertiary/aromatic N) is 1. The highest BCUT2D eigenvalue weighted by molar-refractivity contribution is 7.89. The molecule has 3 aromatic carbocycles. The minimum absolute atomic E-state index is 0.214. The molecule has 5 nitrogen and oxygen atoms in total. The highest BCUT2D eigenvalue weighted by Crippen LogP contribution is 2.21. The number of hydrogen-bond acceptors (Lipinski definition) is 3. The van der Waals surface area contributed by atoms with E-state index in [1.165, 1.54) is 16.4 Å². The van der Waals surface area contributed by atoms with E-state index in [9.17, 15) is 13.2 Å². The van der Waals surface area contributed by atoms with Gasteiger partial charge in [0, 0.05) is 24.8 Å². The first-order valence-corrected chi connectivity index (χ1v) is 11.4. The number of nitrogens with one attached hydrogen (secondary N) is 1. The van der Waals surface area contributed by atoms with E-state index in [-0.39, 0.29) is 10.8 Å². The normalized spacial score (nSPS) is 11.4. The standard InChI is InChI=1S/C24H26N2O3S/c1-3-4-18-26(2)30(28,29)23-16-14-22(15-17-23)25-24(27)21-12-10-20(11-13-21)19-8-6-5-7-9-19/h5-17H,3-4,18H2,1-2H3,(H,25,27). The maximum atomic E-state index is 12.6. The Morgan fingerprint density at radius 1 is 0.867 bits per heavy atom. The lowest BCUT2D eigenvalue weighted by atomic mass is 10.0. The Kier molecular flexibility index (Phi) is 7.03. The third-order valence-corrected chi connectivity index (χ3v) is 6.77. The van der Waals surface area contributed by atoms with Crippen LogP contribution in [0.15, 0.2) is 83.8 Å². The van der Waals surface area contributed by atoms with Crippen LogP contribution in [0.2, 0.25) is 0 Å². The molecular formula is C24H26N2O3S. The van der Waals surface area contributed by atoms with E-state index in [0.717, 1.165) is 24.0 Å². The molecule has 3 aromatic rings. The van der Waals surface area contributed by atoms with Crippen molar-refractivity contribution in [1.82, 2.24) is 4.31 Å². The topological polar surface area (TPSA) is 66.5 Å². The molecule has 0 aliphatic carbocycles. The molecule has 0 aromatic heterocycles. The lowest BCUT2D eigenvalue weighted by Crippen LogP contribution is -2.27. The Morgan fingerprint density at radius 2 is 1.47 bits per heavy atom. The van der Waals surface area contributed by atoms with E-state index < -0.39 is 10.0 Å². The molecule has 0 atom stereocenters. The van der Waals surface area contributed by atoms with Crippen molar-refractivity contribution >= 4 is 21.6 Å². The minimum atomic E-state index is -3.52. The molecule has 1 N–H and O–H groups in total. The molecule has 0 fully saturated rings. The van der Waals surface area contributed by atoms with Gasteiger partial charge in [-0.25, -0.2) is 12.7 Å². The fourth-order valence-corrected chi connectivity index (χ4v) is 4.25. The summed E-state index contributed by atoms with van der Waals surface area (Å²) in [6, 6.07) is 23.6. The van der Waals surface area contributed by atoms with Crippen molar-refractivity contribution in [2.24, 2.45) is 0 Å². The number of carbonyl (C=O) groups excluding carboxylic acids is 1. The SMILES string of the molecule is CCCCN(C)S(=O)(=O)c1ccc(NC(=O)c2ccc(-c3ccccc3)cc2)cc1. The molecule has 1 amide bonds. The van der Waals surface area contributed by atoms with Crippen LogP contribution in [0.5, 0.6) is 0 Å². The Labute approximate surface area is 178 Å². The van der Waals surface area contributed by atoms with Gasteiger partial charge in [0.25, 0.3) is 5.91 Å². The number of amides is 1. The summed E-state index contributed by atoms with van der Waals surface area (Å²) in [4.78, 5) is 12.7. The average Bonchev–Trinajstić information content (AvgIpc) is 2.78. The van der Waals surface area contributed by atoms with Crippen LogP contribution in [-0.2, 0) is 10.0 Å². The lowest BCUT2D eigenvalue weighted by molar-refractivity contribution is 0.102. The minimum Gasteiger partial charge on any atom is -0.322 e. The number of hydrogen-bond donors (Lipinski definition) is 1. The van der Waals surface area contributed by atoms with E-state index in [0.29, 0.717) is 17.8 Å². The van der Waals surface area contributed by atoms with E-state index in [1.54, 1.807) is 31.3 Å². The molecule has 0 spiro atoms. The molecule has 156 valence electrons. The van der Waals surface area contributed by atoms with Gasteiger partial charge in [0.2, 0.25) is 10.0 Å². The Hall–Kier alpha value is -2.96. The van der Waals surface area contributed by atoms with E-state index in [1.807, 2.05) is 49.4 Å². The first-order chi connectivity index (χ1) is 14.4. The molecule has 0 heterocycles. The molecule has 6 heteroatoms. The molecule has 3 rings (SSSR count). The third-order valence-electron chi connectivity index (χ3n) is 4.90. The van der Waals surface area contributed by atoms with Crippen LogP contribution in [0, 0.1) is 0 Å². The van der Waals surface area contributed by atoms with Crippen LogP contribution in [0.3, 0.4) is 0 Å². The maximum absolute atomic E-state index is 12.6. The molecule has 0 radical (unpaired) electrons.